The zero-order valence-electron chi connectivity index (χ0n) is 12.9. The monoisotopic (exact) mass is 321 g/mol. The number of furan rings is 1. The highest BCUT2D eigenvalue weighted by Crippen LogP contribution is 2.20. The molecule has 24 heavy (non-hydrogen) atoms. The number of aromatic amines is 1. The fraction of sp³-hybridized carbons (Fsp3) is 0.167. The minimum atomic E-state index is -0.211. The molecule has 3 heterocycles. The van der Waals surface area contributed by atoms with E-state index in [1.165, 1.54) is 6.26 Å². The lowest BCUT2D eigenvalue weighted by Gasteiger charge is -2.27. The Morgan fingerprint density at radius 3 is 2.75 bits per heavy atom. The first-order valence-corrected chi connectivity index (χ1v) is 7.72. The first-order chi connectivity index (χ1) is 11.7. The quantitative estimate of drug-likeness (QED) is 0.785. The summed E-state index contributed by atoms with van der Waals surface area (Å²) >= 11 is 0. The van der Waals surface area contributed by atoms with Crippen molar-refractivity contribution in [2.45, 2.75) is 13.0 Å². The van der Waals surface area contributed by atoms with Gasteiger partial charge in [-0.05, 0) is 12.1 Å². The second-order valence-electron chi connectivity index (χ2n) is 5.66. The number of rotatable bonds is 2. The van der Waals surface area contributed by atoms with Crippen LogP contribution in [0.15, 0.2) is 57.9 Å². The van der Waals surface area contributed by atoms with Crippen LogP contribution in [-0.2, 0) is 13.0 Å². The number of aromatic nitrogens is 2. The van der Waals surface area contributed by atoms with Crippen LogP contribution in [0.3, 0.4) is 0 Å². The predicted molar refractivity (Wildman–Crippen MR) is 87.4 cm³/mol. The van der Waals surface area contributed by atoms with E-state index < -0.39 is 0 Å². The zero-order valence-corrected chi connectivity index (χ0v) is 12.9. The summed E-state index contributed by atoms with van der Waals surface area (Å²) in [5.41, 5.74) is 1.96. The average Bonchev–Trinajstić information content (AvgIpc) is 3.16. The summed E-state index contributed by atoms with van der Waals surface area (Å²) in [6, 6.07) is 12.8. The Morgan fingerprint density at radius 1 is 1.17 bits per heavy atom. The molecule has 1 aliphatic heterocycles. The normalized spacial score (nSPS) is 13.6. The number of nitrogens with one attached hydrogen (secondary N) is 1. The summed E-state index contributed by atoms with van der Waals surface area (Å²) in [5, 5.41) is 0. The number of carbonyl (C=O) groups is 1. The second-order valence-corrected chi connectivity index (χ2v) is 5.66. The summed E-state index contributed by atoms with van der Waals surface area (Å²) in [6.45, 7) is 0.753. The first kappa shape index (κ1) is 14.4. The lowest BCUT2D eigenvalue weighted by atomic mass is 10.1. The third kappa shape index (κ3) is 2.52. The maximum absolute atomic E-state index is 12.5. The molecule has 0 unspecified atom stereocenters. The molecule has 120 valence electrons. The van der Waals surface area contributed by atoms with Gasteiger partial charge in [-0.15, -0.1) is 0 Å². The van der Waals surface area contributed by atoms with Crippen molar-refractivity contribution in [2.24, 2.45) is 0 Å². The summed E-state index contributed by atoms with van der Waals surface area (Å²) in [6.07, 6.45) is 2.01. The summed E-state index contributed by atoms with van der Waals surface area (Å²) in [7, 11) is 0. The van der Waals surface area contributed by atoms with Crippen LogP contribution in [-0.4, -0.2) is 27.3 Å². The highest BCUT2D eigenvalue weighted by Gasteiger charge is 2.26. The van der Waals surface area contributed by atoms with Crippen molar-refractivity contribution in [3.05, 3.63) is 76.1 Å². The van der Waals surface area contributed by atoms with Gasteiger partial charge in [-0.25, -0.2) is 4.98 Å². The molecular formula is C18H15N3O3. The van der Waals surface area contributed by atoms with E-state index in [1.807, 2.05) is 30.3 Å². The maximum Gasteiger partial charge on any atom is 0.289 e. The highest BCUT2D eigenvalue weighted by molar-refractivity contribution is 5.91. The number of hydrogen-bond donors (Lipinski definition) is 1. The van der Waals surface area contributed by atoms with E-state index in [0.717, 1.165) is 11.3 Å². The first-order valence-electron chi connectivity index (χ1n) is 7.72. The van der Waals surface area contributed by atoms with E-state index >= 15 is 0 Å². The summed E-state index contributed by atoms with van der Waals surface area (Å²) in [4.78, 5) is 33.8. The molecule has 0 radical (unpaired) electrons. The van der Waals surface area contributed by atoms with Gasteiger partial charge in [-0.1, -0.05) is 30.3 Å². The largest absolute Gasteiger partial charge is 0.459 e. The van der Waals surface area contributed by atoms with Crippen molar-refractivity contribution >= 4 is 5.91 Å². The standard InChI is InChI=1S/C18H15N3O3/c22-17-13-11-21(18(23)15-7-4-10-24-15)9-8-14(13)19-16(20-17)12-5-2-1-3-6-12/h1-7,10H,8-9,11H2,(H,19,20,22). The van der Waals surface area contributed by atoms with Crippen LogP contribution in [0.2, 0.25) is 0 Å². The van der Waals surface area contributed by atoms with Gasteiger partial charge in [0.15, 0.2) is 5.76 Å². The van der Waals surface area contributed by atoms with Gasteiger partial charge in [0.25, 0.3) is 11.5 Å². The van der Waals surface area contributed by atoms with E-state index in [-0.39, 0.29) is 23.8 Å². The average molecular weight is 321 g/mol. The Hall–Kier alpha value is -3.15. The van der Waals surface area contributed by atoms with Crippen LogP contribution >= 0.6 is 0 Å². The molecule has 0 saturated carbocycles. The van der Waals surface area contributed by atoms with Crippen molar-refractivity contribution in [1.29, 1.82) is 0 Å². The topological polar surface area (TPSA) is 79.2 Å². The van der Waals surface area contributed by atoms with Gasteiger partial charge in [0.05, 0.1) is 24.1 Å². The molecule has 0 saturated heterocycles. The lowest BCUT2D eigenvalue weighted by molar-refractivity contribution is 0.0700. The molecule has 0 atom stereocenters. The maximum atomic E-state index is 12.5. The molecule has 1 amide bonds. The van der Waals surface area contributed by atoms with Crippen molar-refractivity contribution < 1.29 is 9.21 Å². The van der Waals surface area contributed by atoms with Gasteiger partial charge in [0.2, 0.25) is 0 Å². The number of benzene rings is 1. The molecule has 0 fully saturated rings. The van der Waals surface area contributed by atoms with Crippen molar-refractivity contribution in [1.82, 2.24) is 14.9 Å². The molecule has 0 bridgehead atoms. The zero-order chi connectivity index (χ0) is 16.5. The van der Waals surface area contributed by atoms with Crippen LogP contribution in [0, 0.1) is 0 Å². The molecule has 6 nitrogen and oxygen atoms in total. The van der Waals surface area contributed by atoms with Crippen LogP contribution in [0.5, 0.6) is 0 Å². The number of hydrogen-bond acceptors (Lipinski definition) is 4. The Kier molecular flexibility index (Phi) is 3.49. The van der Waals surface area contributed by atoms with Gasteiger partial charge in [0.1, 0.15) is 5.82 Å². The summed E-state index contributed by atoms with van der Waals surface area (Å²) < 4.78 is 5.15. The number of H-pyrrole nitrogens is 1. The molecule has 4 rings (SSSR count). The Labute approximate surface area is 137 Å². The fourth-order valence-electron chi connectivity index (χ4n) is 2.89. The molecule has 1 N–H and O–H groups in total. The van der Waals surface area contributed by atoms with E-state index in [9.17, 15) is 9.59 Å². The van der Waals surface area contributed by atoms with E-state index in [0.29, 0.717) is 24.4 Å². The van der Waals surface area contributed by atoms with Crippen molar-refractivity contribution in [3.8, 4) is 11.4 Å². The minimum Gasteiger partial charge on any atom is -0.459 e. The van der Waals surface area contributed by atoms with Crippen LogP contribution in [0.4, 0.5) is 0 Å². The molecule has 0 spiro atoms. The number of fused-ring (bicyclic) bond motifs is 1. The van der Waals surface area contributed by atoms with E-state index in [2.05, 4.69) is 9.97 Å². The third-order valence-corrected chi connectivity index (χ3v) is 4.14. The van der Waals surface area contributed by atoms with Crippen LogP contribution < -0.4 is 5.56 Å². The van der Waals surface area contributed by atoms with Crippen LogP contribution in [0.1, 0.15) is 21.8 Å². The lowest BCUT2D eigenvalue weighted by Crippen LogP contribution is -2.39. The fourth-order valence-corrected chi connectivity index (χ4v) is 2.89. The smallest absolute Gasteiger partial charge is 0.289 e. The number of nitrogens with zero attached hydrogens (tertiary/aromatic N) is 2. The van der Waals surface area contributed by atoms with Crippen molar-refractivity contribution in [3.63, 3.8) is 0 Å². The highest BCUT2D eigenvalue weighted by atomic mass is 16.3. The Balaban J connectivity index is 1.66. The Bertz CT molecular complexity index is 930. The van der Waals surface area contributed by atoms with E-state index in [1.54, 1.807) is 17.0 Å². The molecular weight excluding hydrogens is 306 g/mol. The van der Waals surface area contributed by atoms with Gasteiger partial charge >= 0.3 is 0 Å². The molecule has 3 aromatic rings. The van der Waals surface area contributed by atoms with Crippen molar-refractivity contribution in [2.75, 3.05) is 6.54 Å². The minimum absolute atomic E-state index is 0.198. The molecule has 0 aliphatic carbocycles. The predicted octanol–water partition coefficient (Wildman–Crippen LogP) is 2.23. The SMILES string of the molecule is O=C(c1ccco1)N1CCc2nc(-c3ccccc3)[nH]c(=O)c2C1. The van der Waals surface area contributed by atoms with E-state index in [4.69, 9.17) is 4.42 Å². The molecule has 2 aromatic heterocycles. The Morgan fingerprint density at radius 2 is 2.00 bits per heavy atom. The van der Waals surface area contributed by atoms with Crippen LogP contribution in [0.25, 0.3) is 11.4 Å². The summed E-state index contributed by atoms with van der Waals surface area (Å²) in [5.74, 6) is 0.631. The number of carbonyl (C=O) groups excluding carboxylic acids is 1. The molecule has 1 aliphatic rings. The molecule has 6 heteroatoms. The third-order valence-electron chi connectivity index (χ3n) is 4.14. The number of amides is 1. The van der Waals surface area contributed by atoms with Gasteiger partial charge in [0, 0.05) is 18.5 Å². The van der Waals surface area contributed by atoms with Gasteiger partial charge in [-0.2, -0.15) is 0 Å². The molecule has 1 aromatic carbocycles. The van der Waals surface area contributed by atoms with Gasteiger partial charge in [-0.3, -0.25) is 9.59 Å². The van der Waals surface area contributed by atoms with Gasteiger partial charge < -0.3 is 14.3 Å². The second kappa shape index (κ2) is 5.81.